The first-order valence-corrected chi connectivity index (χ1v) is 9.94. The Morgan fingerprint density at radius 1 is 0.962 bits per heavy atom. The Hall–Kier alpha value is -0.950. The monoisotopic (exact) mass is 526 g/mol. The lowest BCUT2D eigenvalue weighted by atomic mass is 10.3. The van der Waals surface area contributed by atoms with E-state index >= 15 is 0 Å². The topological polar surface area (TPSA) is 27.7 Å². The molecule has 0 fully saturated rings. The summed E-state index contributed by atoms with van der Waals surface area (Å²) in [6.45, 7) is 0.952. The average molecular weight is 529 g/mol. The molecule has 0 heterocycles. The lowest BCUT2D eigenvalue weighted by Crippen LogP contribution is -2.05. The molecule has 0 atom stereocenters. The van der Waals surface area contributed by atoms with Crippen LogP contribution in [0.25, 0.3) is 0 Å². The molecule has 0 bridgehead atoms. The van der Waals surface area contributed by atoms with E-state index < -0.39 is 4.74 Å². The fourth-order valence-electron chi connectivity index (χ4n) is 1.91. The second-order valence-electron chi connectivity index (χ2n) is 5.03. The third kappa shape index (κ3) is 7.35. The Morgan fingerprint density at radius 2 is 1.58 bits per heavy atom. The third-order valence-corrected chi connectivity index (χ3v) is 4.49. The van der Waals surface area contributed by atoms with Gasteiger partial charge in [0, 0.05) is 23.0 Å². The van der Waals surface area contributed by atoms with Gasteiger partial charge in [-0.05, 0) is 46.3 Å². The van der Waals surface area contributed by atoms with Crippen LogP contribution < -0.4 is 14.2 Å². The summed E-state index contributed by atoms with van der Waals surface area (Å²) in [5.74, 6) is 1.60. The van der Waals surface area contributed by atoms with Crippen molar-refractivity contribution in [3.8, 4) is 17.2 Å². The molecule has 140 valence electrons. The molecule has 0 saturated heterocycles. The van der Waals surface area contributed by atoms with Gasteiger partial charge in [-0.25, -0.2) is 0 Å². The highest BCUT2D eigenvalue weighted by atomic mass is 79.9. The Kier molecular flexibility index (Phi) is 9.05. The van der Waals surface area contributed by atoms with Crippen molar-refractivity contribution in [3.05, 3.63) is 61.7 Å². The van der Waals surface area contributed by atoms with Crippen LogP contribution in [0, 0.1) is 0 Å². The molecule has 0 aromatic heterocycles. The predicted octanol–water partition coefficient (Wildman–Crippen LogP) is 7.19. The Bertz CT molecular complexity index is 728. The zero-order chi connectivity index (χ0) is 18.9. The van der Waals surface area contributed by atoms with Gasteiger partial charge in [0.15, 0.2) is 10.5 Å². The average Bonchev–Trinajstić information content (AvgIpc) is 2.58. The van der Waals surface area contributed by atoms with Gasteiger partial charge in [-0.15, -0.1) is 0 Å². The van der Waals surface area contributed by atoms with Crippen molar-refractivity contribution in [2.24, 2.45) is 0 Å². The molecular formula is C18H15Br2Cl2FO3. The van der Waals surface area contributed by atoms with E-state index in [0.29, 0.717) is 41.2 Å². The number of ether oxygens (including phenoxy) is 3. The summed E-state index contributed by atoms with van der Waals surface area (Å²) in [4.78, 5) is 0. The van der Waals surface area contributed by atoms with Crippen LogP contribution >= 0.6 is 55.1 Å². The SMILES string of the molecule is F/C(Br)=C/COc1cc(Cl)c(OCCCOc2ccc(Br)cc2)c(Cl)c1. The lowest BCUT2D eigenvalue weighted by molar-refractivity contribution is 0.247. The van der Waals surface area contributed by atoms with E-state index in [9.17, 15) is 4.39 Å². The van der Waals surface area contributed by atoms with Crippen molar-refractivity contribution in [3.63, 3.8) is 0 Å². The summed E-state index contributed by atoms with van der Waals surface area (Å²) in [5.41, 5.74) is 0. The van der Waals surface area contributed by atoms with E-state index in [2.05, 4.69) is 31.9 Å². The molecule has 8 heteroatoms. The number of benzene rings is 2. The summed E-state index contributed by atoms with van der Waals surface area (Å²) >= 11 is 18.4. The molecule has 0 aliphatic carbocycles. The molecule has 0 radical (unpaired) electrons. The molecule has 26 heavy (non-hydrogen) atoms. The Labute approximate surface area is 178 Å². The number of hydrogen-bond donors (Lipinski definition) is 0. The molecule has 3 nitrogen and oxygen atoms in total. The highest BCUT2D eigenvalue weighted by molar-refractivity contribution is 9.11. The van der Waals surface area contributed by atoms with Crippen molar-refractivity contribution >= 4 is 55.1 Å². The molecule has 0 unspecified atom stereocenters. The number of halogens is 5. The van der Waals surface area contributed by atoms with Crippen LogP contribution in [-0.2, 0) is 0 Å². The summed E-state index contributed by atoms with van der Waals surface area (Å²) in [7, 11) is 0. The van der Waals surface area contributed by atoms with Crippen molar-refractivity contribution in [1.29, 1.82) is 0 Å². The number of hydrogen-bond acceptors (Lipinski definition) is 3. The maximum absolute atomic E-state index is 12.6. The van der Waals surface area contributed by atoms with E-state index in [4.69, 9.17) is 37.4 Å². The Morgan fingerprint density at radius 3 is 2.19 bits per heavy atom. The first-order chi connectivity index (χ1) is 12.5. The minimum absolute atomic E-state index is 0.0529. The minimum Gasteiger partial charge on any atom is -0.493 e. The molecule has 0 saturated carbocycles. The van der Waals surface area contributed by atoms with E-state index in [1.165, 1.54) is 6.08 Å². The van der Waals surface area contributed by atoms with Crippen molar-refractivity contribution < 1.29 is 18.6 Å². The zero-order valence-corrected chi connectivity index (χ0v) is 18.2. The van der Waals surface area contributed by atoms with Crippen LogP contribution in [0.4, 0.5) is 4.39 Å². The molecule has 2 aromatic carbocycles. The van der Waals surface area contributed by atoms with Gasteiger partial charge in [0.05, 0.1) is 23.3 Å². The zero-order valence-electron chi connectivity index (χ0n) is 13.5. The van der Waals surface area contributed by atoms with E-state index in [1.807, 2.05) is 24.3 Å². The van der Waals surface area contributed by atoms with Crippen molar-refractivity contribution in [1.82, 2.24) is 0 Å². The van der Waals surface area contributed by atoms with Gasteiger partial charge in [-0.2, -0.15) is 4.39 Å². The fraction of sp³-hybridized carbons (Fsp3) is 0.222. The maximum Gasteiger partial charge on any atom is 0.165 e. The molecule has 0 aliphatic heterocycles. The van der Waals surface area contributed by atoms with E-state index in [0.717, 1.165) is 10.2 Å². The van der Waals surface area contributed by atoms with Crippen LogP contribution in [0.1, 0.15) is 6.42 Å². The van der Waals surface area contributed by atoms with Gasteiger partial charge in [-0.3, -0.25) is 0 Å². The normalized spacial score (nSPS) is 11.3. The van der Waals surface area contributed by atoms with Crippen LogP contribution in [0.5, 0.6) is 17.2 Å². The smallest absolute Gasteiger partial charge is 0.165 e. The summed E-state index contributed by atoms with van der Waals surface area (Å²) in [5, 5.41) is 0.647. The standard InChI is InChI=1S/C18H15Br2Cl2FO3/c19-12-2-4-13(5-3-12)24-7-1-8-26-18-15(21)10-14(11-16(18)22)25-9-6-17(20)23/h2-6,10-11H,1,7-9H2/b17-6+. The molecule has 0 N–H and O–H groups in total. The third-order valence-electron chi connectivity index (χ3n) is 3.08. The van der Waals surface area contributed by atoms with Crippen LogP contribution in [0.15, 0.2) is 51.7 Å². The highest BCUT2D eigenvalue weighted by Crippen LogP contribution is 2.37. The quantitative estimate of drug-likeness (QED) is 0.322. The fourth-order valence-corrected chi connectivity index (χ4v) is 2.89. The van der Waals surface area contributed by atoms with Crippen LogP contribution in [0.2, 0.25) is 10.0 Å². The minimum atomic E-state index is -0.500. The van der Waals surface area contributed by atoms with E-state index in [1.54, 1.807) is 12.1 Å². The van der Waals surface area contributed by atoms with Crippen molar-refractivity contribution in [2.75, 3.05) is 19.8 Å². The molecule has 0 amide bonds. The van der Waals surface area contributed by atoms with Crippen molar-refractivity contribution in [2.45, 2.75) is 6.42 Å². The predicted molar refractivity (Wildman–Crippen MR) is 110 cm³/mol. The second-order valence-corrected chi connectivity index (χ2v) is 7.51. The van der Waals surface area contributed by atoms with Gasteiger partial charge < -0.3 is 14.2 Å². The molecule has 0 spiro atoms. The summed E-state index contributed by atoms with van der Waals surface area (Å²) < 4.78 is 29.7. The molecule has 0 aliphatic rings. The van der Waals surface area contributed by atoms with Gasteiger partial charge in [0.2, 0.25) is 0 Å². The maximum atomic E-state index is 12.6. The lowest BCUT2D eigenvalue weighted by Gasteiger charge is -2.12. The Balaban J connectivity index is 1.79. The van der Waals surface area contributed by atoms with Gasteiger partial charge in [-0.1, -0.05) is 39.1 Å². The van der Waals surface area contributed by atoms with Gasteiger partial charge >= 0.3 is 0 Å². The highest BCUT2D eigenvalue weighted by Gasteiger charge is 2.10. The van der Waals surface area contributed by atoms with Gasteiger partial charge in [0.25, 0.3) is 0 Å². The molecule has 2 rings (SSSR count). The summed E-state index contributed by atoms with van der Waals surface area (Å²) in [6.07, 6.45) is 1.90. The number of rotatable bonds is 9. The first kappa shape index (κ1) is 21.4. The van der Waals surface area contributed by atoms with Crippen LogP contribution in [-0.4, -0.2) is 19.8 Å². The van der Waals surface area contributed by atoms with Gasteiger partial charge in [0.1, 0.15) is 18.1 Å². The van der Waals surface area contributed by atoms with Crippen LogP contribution in [0.3, 0.4) is 0 Å². The summed E-state index contributed by atoms with van der Waals surface area (Å²) in [6, 6.07) is 10.7. The second kappa shape index (κ2) is 11.0. The molecule has 2 aromatic rings. The first-order valence-electron chi connectivity index (χ1n) is 7.60. The largest absolute Gasteiger partial charge is 0.493 e. The molecular weight excluding hydrogens is 514 g/mol. The van der Waals surface area contributed by atoms with E-state index in [-0.39, 0.29) is 6.61 Å².